The number of phenolic OH excluding ortho intramolecular Hbond substituents is 1. The van der Waals surface area contributed by atoms with Crippen molar-refractivity contribution in [3.8, 4) is 5.75 Å². The van der Waals surface area contributed by atoms with Crippen LogP contribution in [-0.2, 0) is 0 Å². The van der Waals surface area contributed by atoms with Crippen LogP contribution in [0.1, 0.15) is 5.56 Å². The van der Waals surface area contributed by atoms with E-state index in [0.717, 1.165) is 16.7 Å². The van der Waals surface area contributed by atoms with Crippen molar-refractivity contribution in [3.63, 3.8) is 0 Å². The maximum absolute atomic E-state index is 9.61. The summed E-state index contributed by atoms with van der Waals surface area (Å²) in [7, 11) is 0. The summed E-state index contributed by atoms with van der Waals surface area (Å²) in [6.45, 7) is 0. The van der Waals surface area contributed by atoms with Gasteiger partial charge in [0.25, 0.3) is 0 Å². The molecule has 2 N–H and O–H groups in total. The highest BCUT2D eigenvalue weighted by molar-refractivity contribution is 5.86. The van der Waals surface area contributed by atoms with Gasteiger partial charge in [0, 0.05) is 11.8 Å². The maximum atomic E-state index is 9.61. The molecule has 3 rings (SSSR count). The van der Waals surface area contributed by atoms with E-state index in [1.54, 1.807) is 24.4 Å². The molecule has 0 aliphatic heterocycles. The van der Waals surface area contributed by atoms with Gasteiger partial charge >= 0.3 is 0 Å². The molecule has 0 spiro atoms. The predicted molar refractivity (Wildman–Crippen MR) is 69.2 cm³/mol. The minimum atomic E-state index is 0.212. The van der Waals surface area contributed by atoms with Gasteiger partial charge in [0.2, 0.25) is 0 Å². The quantitative estimate of drug-likeness (QED) is 0.673. The number of aromatic amines is 1. The Morgan fingerprint density at radius 2 is 1.89 bits per heavy atom. The van der Waals surface area contributed by atoms with Crippen LogP contribution in [0.3, 0.4) is 0 Å². The highest BCUT2D eigenvalue weighted by atomic mass is 16.3. The van der Waals surface area contributed by atoms with Crippen molar-refractivity contribution < 1.29 is 5.11 Å². The molecule has 5 nitrogen and oxygen atoms in total. The second kappa shape index (κ2) is 4.29. The summed E-state index contributed by atoms with van der Waals surface area (Å²) in [5, 5.41) is 20.1. The number of para-hydroxylation sites is 1. The molecular formula is C13H10N4O. The number of fused-ring (bicyclic) bond motifs is 1. The van der Waals surface area contributed by atoms with Crippen LogP contribution < -0.4 is 0 Å². The van der Waals surface area contributed by atoms with Gasteiger partial charge in [-0.05, 0) is 30.3 Å². The van der Waals surface area contributed by atoms with E-state index in [1.165, 1.54) is 0 Å². The molecule has 0 saturated carbocycles. The summed E-state index contributed by atoms with van der Waals surface area (Å²) in [6, 6.07) is 12.6. The van der Waals surface area contributed by atoms with E-state index in [9.17, 15) is 5.11 Å². The van der Waals surface area contributed by atoms with Gasteiger partial charge in [-0.1, -0.05) is 12.1 Å². The number of nitrogens with zero attached hydrogens (tertiary/aromatic N) is 3. The van der Waals surface area contributed by atoms with Crippen molar-refractivity contribution in [2.75, 3.05) is 0 Å². The standard InChI is InChI=1S/C13H10N4O/c18-13-4-2-1-3-9(13)8-14-10-5-6-11-12(7-10)16-17-15-11/h1-8,18H,(H,15,16,17). The zero-order valence-electron chi connectivity index (χ0n) is 9.41. The minimum absolute atomic E-state index is 0.212. The average Bonchev–Trinajstić information content (AvgIpc) is 2.85. The first kappa shape index (κ1) is 10.5. The molecule has 0 unspecified atom stereocenters. The number of aromatic hydroxyl groups is 1. The maximum Gasteiger partial charge on any atom is 0.124 e. The van der Waals surface area contributed by atoms with E-state index in [4.69, 9.17) is 0 Å². The first-order valence-corrected chi connectivity index (χ1v) is 5.45. The lowest BCUT2D eigenvalue weighted by Crippen LogP contribution is -1.80. The number of phenols is 1. The summed E-state index contributed by atoms with van der Waals surface area (Å²) in [5.41, 5.74) is 3.01. The molecule has 0 atom stereocenters. The Morgan fingerprint density at radius 3 is 2.78 bits per heavy atom. The third kappa shape index (κ3) is 1.93. The SMILES string of the molecule is Oc1ccccc1C=Nc1ccc2n[nH]nc2c1. The average molecular weight is 238 g/mol. The normalized spacial score (nSPS) is 11.3. The lowest BCUT2D eigenvalue weighted by atomic mass is 10.2. The number of rotatable bonds is 2. The van der Waals surface area contributed by atoms with Crippen LogP contribution in [0.4, 0.5) is 5.69 Å². The minimum Gasteiger partial charge on any atom is -0.507 e. The van der Waals surface area contributed by atoms with Crippen LogP contribution in [-0.4, -0.2) is 26.7 Å². The molecule has 0 saturated heterocycles. The smallest absolute Gasteiger partial charge is 0.124 e. The first-order chi connectivity index (χ1) is 8.83. The van der Waals surface area contributed by atoms with Gasteiger partial charge in [-0.15, -0.1) is 0 Å². The molecule has 18 heavy (non-hydrogen) atoms. The van der Waals surface area contributed by atoms with Crippen molar-refractivity contribution in [2.45, 2.75) is 0 Å². The van der Waals surface area contributed by atoms with Crippen molar-refractivity contribution in [1.82, 2.24) is 15.4 Å². The van der Waals surface area contributed by atoms with E-state index in [1.807, 2.05) is 24.3 Å². The lowest BCUT2D eigenvalue weighted by molar-refractivity contribution is 0.474. The van der Waals surface area contributed by atoms with E-state index in [0.29, 0.717) is 5.56 Å². The van der Waals surface area contributed by atoms with Crippen molar-refractivity contribution >= 4 is 22.9 Å². The van der Waals surface area contributed by atoms with E-state index < -0.39 is 0 Å². The van der Waals surface area contributed by atoms with E-state index >= 15 is 0 Å². The predicted octanol–water partition coefficient (Wildman–Crippen LogP) is 2.41. The summed E-state index contributed by atoms with van der Waals surface area (Å²) in [4.78, 5) is 4.30. The topological polar surface area (TPSA) is 74.2 Å². The Labute approximate surface area is 103 Å². The fraction of sp³-hybridized carbons (Fsp3) is 0. The molecule has 5 heteroatoms. The highest BCUT2D eigenvalue weighted by Crippen LogP contribution is 2.19. The van der Waals surface area contributed by atoms with Crippen LogP contribution in [0.25, 0.3) is 11.0 Å². The fourth-order valence-corrected chi connectivity index (χ4v) is 1.65. The van der Waals surface area contributed by atoms with Crippen LogP contribution in [0, 0.1) is 0 Å². The number of H-pyrrole nitrogens is 1. The molecule has 1 aromatic heterocycles. The fourth-order valence-electron chi connectivity index (χ4n) is 1.65. The summed E-state index contributed by atoms with van der Waals surface area (Å²) in [6.07, 6.45) is 1.62. The Morgan fingerprint density at radius 1 is 1.06 bits per heavy atom. The van der Waals surface area contributed by atoms with Crippen molar-refractivity contribution in [1.29, 1.82) is 0 Å². The monoisotopic (exact) mass is 238 g/mol. The summed E-state index contributed by atoms with van der Waals surface area (Å²) >= 11 is 0. The molecule has 0 bridgehead atoms. The van der Waals surface area contributed by atoms with Gasteiger partial charge in [0.1, 0.15) is 16.8 Å². The molecule has 0 amide bonds. The lowest BCUT2D eigenvalue weighted by Gasteiger charge is -1.97. The van der Waals surface area contributed by atoms with Crippen LogP contribution in [0.15, 0.2) is 47.5 Å². The molecule has 0 radical (unpaired) electrons. The van der Waals surface area contributed by atoms with Crippen molar-refractivity contribution in [2.24, 2.45) is 4.99 Å². The third-order valence-corrected chi connectivity index (χ3v) is 2.59. The van der Waals surface area contributed by atoms with Gasteiger partial charge in [0.15, 0.2) is 0 Å². The second-order valence-electron chi connectivity index (χ2n) is 3.81. The van der Waals surface area contributed by atoms with Gasteiger partial charge < -0.3 is 5.11 Å². The largest absolute Gasteiger partial charge is 0.507 e. The summed E-state index contributed by atoms with van der Waals surface area (Å²) in [5.74, 6) is 0.212. The number of aromatic nitrogens is 3. The Bertz CT molecular complexity index is 718. The molecule has 2 aromatic carbocycles. The first-order valence-electron chi connectivity index (χ1n) is 5.45. The molecule has 1 heterocycles. The molecule has 3 aromatic rings. The Balaban J connectivity index is 1.94. The summed E-state index contributed by atoms with van der Waals surface area (Å²) < 4.78 is 0. The van der Waals surface area contributed by atoms with Gasteiger partial charge in [-0.3, -0.25) is 4.99 Å². The number of aliphatic imine (C=N–C) groups is 1. The van der Waals surface area contributed by atoms with Gasteiger partial charge in [-0.25, -0.2) is 0 Å². The Kier molecular flexibility index (Phi) is 2.49. The number of benzene rings is 2. The highest BCUT2D eigenvalue weighted by Gasteiger charge is 1.99. The molecule has 88 valence electrons. The second-order valence-corrected chi connectivity index (χ2v) is 3.81. The third-order valence-electron chi connectivity index (χ3n) is 2.59. The van der Waals surface area contributed by atoms with E-state index in [-0.39, 0.29) is 5.75 Å². The zero-order chi connectivity index (χ0) is 12.4. The molecule has 0 fully saturated rings. The number of nitrogens with one attached hydrogen (secondary N) is 1. The van der Waals surface area contributed by atoms with Gasteiger partial charge in [-0.2, -0.15) is 15.4 Å². The molecule has 0 aliphatic rings. The zero-order valence-corrected chi connectivity index (χ0v) is 9.41. The van der Waals surface area contributed by atoms with Crippen molar-refractivity contribution in [3.05, 3.63) is 48.0 Å². The van der Waals surface area contributed by atoms with E-state index in [2.05, 4.69) is 20.4 Å². The molecule has 0 aliphatic carbocycles. The van der Waals surface area contributed by atoms with Gasteiger partial charge in [0.05, 0.1) is 5.69 Å². The van der Waals surface area contributed by atoms with Crippen LogP contribution in [0.2, 0.25) is 0 Å². The van der Waals surface area contributed by atoms with Crippen LogP contribution in [0.5, 0.6) is 5.75 Å². The Hall–Kier alpha value is -2.69. The number of hydrogen-bond donors (Lipinski definition) is 2. The molecular weight excluding hydrogens is 228 g/mol. The number of hydrogen-bond acceptors (Lipinski definition) is 4. The van der Waals surface area contributed by atoms with Crippen LogP contribution >= 0.6 is 0 Å².